The van der Waals surface area contributed by atoms with Gasteiger partial charge in [-0.25, -0.2) is 0 Å². The Bertz CT molecular complexity index is 488. The fourth-order valence-electron chi connectivity index (χ4n) is 2.96. The Kier molecular flexibility index (Phi) is 3.72. The van der Waals surface area contributed by atoms with Gasteiger partial charge in [0.05, 0.1) is 0 Å². The van der Waals surface area contributed by atoms with Crippen molar-refractivity contribution in [3.05, 3.63) is 17.7 Å². The molecule has 1 heterocycles. The average Bonchev–Trinajstić information content (AvgIpc) is 3.19. The quantitative estimate of drug-likeness (QED) is 0.612. The minimum Gasteiger partial charge on any atom is -0.504 e. The second-order valence-corrected chi connectivity index (χ2v) is 5.95. The van der Waals surface area contributed by atoms with Gasteiger partial charge in [0.25, 0.3) is 0 Å². The van der Waals surface area contributed by atoms with E-state index >= 15 is 0 Å². The number of nitrogens with one attached hydrogen (secondary N) is 1. The Morgan fingerprint density at radius 2 is 1.90 bits per heavy atom. The fraction of sp³-hybridized carbons (Fsp3) is 0.600. The molecule has 3 rings (SSSR count). The van der Waals surface area contributed by atoms with Crippen LogP contribution in [0.3, 0.4) is 0 Å². The summed E-state index contributed by atoms with van der Waals surface area (Å²) in [6, 6.07) is 3.87. The summed E-state index contributed by atoms with van der Waals surface area (Å²) < 4.78 is 0. The lowest BCUT2D eigenvalue weighted by atomic mass is 10.1. The molecule has 1 aliphatic heterocycles. The molecule has 1 atom stereocenters. The SMILES string of the molecule is Oc1ccc(CNCC2CCN(C3CC3)C2)c(O)c1O. The maximum absolute atomic E-state index is 9.74. The van der Waals surface area contributed by atoms with E-state index in [0.717, 1.165) is 12.6 Å². The lowest BCUT2D eigenvalue weighted by molar-refractivity contribution is 0.311. The molecule has 1 aromatic rings. The number of phenolic OH excluding ortho intramolecular Hbond substituents is 3. The highest BCUT2D eigenvalue weighted by atomic mass is 16.3. The van der Waals surface area contributed by atoms with Crippen LogP contribution in [0.1, 0.15) is 24.8 Å². The number of rotatable bonds is 5. The highest BCUT2D eigenvalue weighted by molar-refractivity contribution is 5.52. The van der Waals surface area contributed by atoms with Crippen molar-refractivity contribution >= 4 is 0 Å². The molecule has 1 aliphatic carbocycles. The summed E-state index contributed by atoms with van der Waals surface area (Å²) in [6.07, 6.45) is 3.96. The maximum Gasteiger partial charge on any atom is 0.200 e. The zero-order chi connectivity index (χ0) is 14.1. The summed E-state index contributed by atoms with van der Waals surface area (Å²) in [5, 5.41) is 31.8. The topological polar surface area (TPSA) is 76.0 Å². The van der Waals surface area contributed by atoms with Gasteiger partial charge in [-0.3, -0.25) is 0 Å². The minimum absolute atomic E-state index is 0.233. The molecular weight excluding hydrogens is 256 g/mol. The van der Waals surface area contributed by atoms with E-state index in [0.29, 0.717) is 18.0 Å². The molecule has 1 saturated carbocycles. The first-order valence-electron chi connectivity index (χ1n) is 7.32. The summed E-state index contributed by atoms with van der Waals surface area (Å²) in [5.41, 5.74) is 0.609. The van der Waals surface area contributed by atoms with Crippen molar-refractivity contribution in [3.63, 3.8) is 0 Å². The number of phenols is 3. The number of aromatic hydroxyl groups is 3. The third-order valence-corrected chi connectivity index (χ3v) is 4.34. The van der Waals surface area contributed by atoms with Gasteiger partial charge in [0.2, 0.25) is 5.75 Å². The van der Waals surface area contributed by atoms with Crippen LogP contribution in [0.25, 0.3) is 0 Å². The molecule has 0 spiro atoms. The van der Waals surface area contributed by atoms with E-state index in [-0.39, 0.29) is 11.5 Å². The van der Waals surface area contributed by atoms with Gasteiger partial charge in [0, 0.05) is 24.7 Å². The van der Waals surface area contributed by atoms with Gasteiger partial charge in [-0.15, -0.1) is 0 Å². The van der Waals surface area contributed by atoms with Crippen molar-refractivity contribution in [1.82, 2.24) is 10.2 Å². The van der Waals surface area contributed by atoms with Crippen LogP contribution in [0.4, 0.5) is 0 Å². The van der Waals surface area contributed by atoms with Crippen LogP contribution in [-0.2, 0) is 6.54 Å². The molecule has 5 nitrogen and oxygen atoms in total. The molecule has 0 bridgehead atoms. The van der Waals surface area contributed by atoms with Gasteiger partial charge in [-0.05, 0) is 44.3 Å². The lowest BCUT2D eigenvalue weighted by Crippen LogP contribution is -2.27. The van der Waals surface area contributed by atoms with Crippen molar-refractivity contribution in [1.29, 1.82) is 0 Å². The number of hydrogen-bond acceptors (Lipinski definition) is 5. The number of nitrogens with zero attached hydrogens (tertiary/aromatic N) is 1. The van der Waals surface area contributed by atoms with Crippen LogP contribution in [0.15, 0.2) is 12.1 Å². The van der Waals surface area contributed by atoms with Crippen LogP contribution in [-0.4, -0.2) is 45.9 Å². The average molecular weight is 278 g/mol. The van der Waals surface area contributed by atoms with Crippen LogP contribution in [0.2, 0.25) is 0 Å². The summed E-state index contributed by atoms with van der Waals surface area (Å²) in [7, 11) is 0. The van der Waals surface area contributed by atoms with Gasteiger partial charge >= 0.3 is 0 Å². The third-order valence-electron chi connectivity index (χ3n) is 4.34. The van der Waals surface area contributed by atoms with E-state index in [4.69, 9.17) is 0 Å². The molecule has 110 valence electrons. The maximum atomic E-state index is 9.74. The van der Waals surface area contributed by atoms with Gasteiger partial charge < -0.3 is 25.5 Å². The molecule has 5 heteroatoms. The molecule has 0 radical (unpaired) electrons. The highest BCUT2D eigenvalue weighted by Crippen LogP contribution is 2.37. The molecule has 1 unspecified atom stereocenters. The van der Waals surface area contributed by atoms with Crippen LogP contribution in [0.5, 0.6) is 17.2 Å². The first-order chi connectivity index (χ1) is 9.65. The number of likely N-dealkylation sites (tertiary alicyclic amines) is 1. The van der Waals surface area contributed by atoms with Crippen LogP contribution in [0, 0.1) is 5.92 Å². The van der Waals surface area contributed by atoms with Gasteiger partial charge in [0.15, 0.2) is 11.5 Å². The Morgan fingerprint density at radius 1 is 1.10 bits per heavy atom. The second-order valence-electron chi connectivity index (χ2n) is 5.95. The predicted molar refractivity (Wildman–Crippen MR) is 75.8 cm³/mol. The standard InChI is InChI=1S/C15H22N2O3/c18-13-4-1-11(14(19)15(13)20)8-16-7-10-5-6-17(9-10)12-2-3-12/h1,4,10,12,16,18-20H,2-3,5-9H2. The number of benzene rings is 1. The molecule has 4 N–H and O–H groups in total. The molecule has 1 aromatic carbocycles. The first-order valence-corrected chi connectivity index (χ1v) is 7.32. The summed E-state index contributed by atoms with van der Waals surface area (Å²) in [6.45, 7) is 3.80. The molecule has 1 saturated heterocycles. The zero-order valence-corrected chi connectivity index (χ0v) is 11.5. The summed E-state index contributed by atoms with van der Waals surface area (Å²) >= 11 is 0. The van der Waals surface area contributed by atoms with Crippen molar-refractivity contribution in [3.8, 4) is 17.2 Å². The highest BCUT2D eigenvalue weighted by Gasteiger charge is 2.33. The molecule has 20 heavy (non-hydrogen) atoms. The normalized spacial score (nSPS) is 23.3. The van der Waals surface area contributed by atoms with E-state index in [1.54, 1.807) is 6.07 Å². The summed E-state index contributed by atoms with van der Waals surface area (Å²) in [5.74, 6) is -0.292. The largest absolute Gasteiger partial charge is 0.504 e. The first kappa shape index (κ1) is 13.5. The fourth-order valence-corrected chi connectivity index (χ4v) is 2.96. The van der Waals surface area contributed by atoms with Crippen molar-refractivity contribution in [2.75, 3.05) is 19.6 Å². The minimum atomic E-state index is -0.440. The van der Waals surface area contributed by atoms with Crippen molar-refractivity contribution < 1.29 is 15.3 Å². The molecule has 2 fully saturated rings. The monoisotopic (exact) mass is 278 g/mol. The van der Waals surface area contributed by atoms with Gasteiger partial charge in [-0.1, -0.05) is 6.07 Å². The summed E-state index contributed by atoms with van der Waals surface area (Å²) in [4.78, 5) is 2.58. The van der Waals surface area contributed by atoms with Crippen LogP contribution < -0.4 is 5.32 Å². The van der Waals surface area contributed by atoms with Gasteiger partial charge in [-0.2, -0.15) is 0 Å². The van der Waals surface area contributed by atoms with Crippen molar-refractivity contribution in [2.45, 2.75) is 31.8 Å². The molecule has 0 amide bonds. The predicted octanol–water partition coefficient (Wildman–Crippen LogP) is 1.38. The Balaban J connectivity index is 1.47. The van der Waals surface area contributed by atoms with Crippen molar-refractivity contribution in [2.24, 2.45) is 5.92 Å². The van der Waals surface area contributed by atoms with Crippen LogP contribution >= 0.6 is 0 Å². The lowest BCUT2D eigenvalue weighted by Gasteiger charge is -2.15. The number of hydrogen-bond donors (Lipinski definition) is 4. The Labute approximate surface area is 118 Å². The second kappa shape index (κ2) is 5.50. The van der Waals surface area contributed by atoms with E-state index < -0.39 is 5.75 Å². The van der Waals surface area contributed by atoms with E-state index in [1.807, 2.05) is 0 Å². The van der Waals surface area contributed by atoms with Gasteiger partial charge in [0.1, 0.15) is 0 Å². The molecular formula is C15H22N2O3. The van der Waals surface area contributed by atoms with E-state index in [1.165, 1.54) is 38.4 Å². The van der Waals surface area contributed by atoms with E-state index in [2.05, 4.69) is 10.2 Å². The van der Waals surface area contributed by atoms with E-state index in [9.17, 15) is 15.3 Å². The zero-order valence-electron chi connectivity index (χ0n) is 11.5. The third kappa shape index (κ3) is 2.83. The molecule has 0 aromatic heterocycles. The Morgan fingerprint density at radius 3 is 2.65 bits per heavy atom. The Hall–Kier alpha value is -1.46. The molecule has 2 aliphatic rings. The smallest absolute Gasteiger partial charge is 0.200 e.